The lowest BCUT2D eigenvalue weighted by atomic mass is 10.0. The van der Waals surface area contributed by atoms with Crippen molar-refractivity contribution in [2.75, 3.05) is 49.2 Å². The van der Waals surface area contributed by atoms with Gasteiger partial charge in [0, 0.05) is 55.8 Å². The minimum Gasteiger partial charge on any atom is -0.463 e. The van der Waals surface area contributed by atoms with Crippen LogP contribution in [0.2, 0.25) is 0 Å². The monoisotopic (exact) mass is 592 g/mol. The number of carbonyl (C=O) groups is 1. The van der Waals surface area contributed by atoms with Gasteiger partial charge in [-0.3, -0.25) is 0 Å². The van der Waals surface area contributed by atoms with Crippen LogP contribution in [0.5, 0.6) is 6.01 Å². The molecular weight excluding hydrogens is 556 g/mol. The van der Waals surface area contributed by atoms with E-state index in [0.717, 1.165) is 41.3 Å². The first-order valence-corrected chi connectivity index (χ1v) is 15.1. The van der Waals surface area contributed by atoms with Crippen molar-refractivity contribution in [1.82, 2.24) is 14.9 Å². The third-order valence-corrected chi connectivity index (χ3v) is 8.21. The van der Waals surface area contributed by atoms with Gasteiger partial charge in [-0.05, 0) is 23.4 Å². The summed E-state index contributed by atoms with van der Waals surface area (Å²) >= 11 is 0. The first-order valence-electron chi connectivity index (χ1n) is 15.1. The summed E-state index contributed by atoms with van der Waals surface area (Å²) in [6, 6.07) is 26.5. The number of ether oxygens (including phenoxy) is 2. The Bertz CT molecular complexity index is 1640. The predicted molar refractivity (Wildman–Crippen MR) is 167 cm³/mol. The second kappa shape index (κ2) is 13.6. The molecule has 0 bridgehead atoms. The van der Waals surface area contributed by atoms with Gasteiger partial charge in [0.25, 0.3) is 0 Å². The van der Waals surface area contributed by atoms with Crippen molar-refractivity contribution >= 4 is 28.4 Å². The van der Waals surface area contributed by atoms with Crippen LogP contribution in [0, 0.1) is 11.3 Å². The van der Waals surface area contributed by atoms with E-state index in [1.807, 2.05) is 30.3 Å². The van der Waals surface area contributed by atoms with Crippen LogP contribution >= 0.6 is 0 Å². The predicted octanol–water partition coefficient (Wildman–Crippen LogP) is 4.69. The van der Waals surface area contributed by atoms with E-state index in [1.54, 1.807) is 4.90 Å². The van der Waals surface area contributed by atoms with Gasteiger partial charge in [-0.1, -0.05) is 66.7 Å². The molecule has 3 aromatic carbocycles. The smallest absolute Gasteiger partial charge is 0.410 e. The van der Waals surface area contributed by atoms with Crippen molar-refractivity contribution in [1.29, 1.82) is 5.26 Å². The molecule has 1 saturated heterocycles. The number of fused-ring (bicyclic) bond motifs is 2. The van der Waals surface area contributed by atoms with Gasteiger partial charge in [0.05, 0.1) is 37.4 Å². The van der Waals surface area contributed by atoms with Crippen molar-refractivity contribution in [3.05, 3.63) is 89.6 Å². The number of amides is 1. The summed E-state index contributed by atoms with van der Waals surface area (Å²) < 4.78 is 11.5. The quantitative estimate of drug-likeness (QED) is 0.276. The average Bonchev–Trinajstić information content (AvgIpc) is 3.07. The van der Waals surface area contributed by atoms with Crippen molar-refractivity contribution in [3.63, 3.8) is 0 Å². The SMILES string of the molecule is N#CCC1CN(c2nc(OCCCO)nc3c2CCN(c2cccc4ccccc24)C3)CCN1C(=O)OCc1ccccc1. The summed E-state index contributed by atoms with van der Waals surface area (Å²) in [6.07, 6.45) is 0.981. The minimum atomic E-state index is -0.419. The highest BCUT2D eigenvalue weighted by Gasteiger charge is 2.34. The zero-order valence-electron chi connectivity index (χ0n) is 24.6. The standard InChI is InChI=1S/C34H36N6O4/c35-16-14-27-22-39(18-19-40(27)34(42)44-24-25-8-2-1-3-9-25)32-29-15-17-38(23-30(29)36-33(37-32)43-21-7-20-41)31-13-6-11-26-10-4-5-12-28(26)31/h1-6,8-13,27,41H,7,14-15,17-24H2. The molecule has 10 heteroatoms. The van der Waals surface area contributed by atoms with Gasteiger partial charge >= 0.3 is 12.1 Å². The molecule has 3 heterocycles. The molecule has 44 heavy (non-hydrogen) atoms. The fourth-order valence-electron chi connectivity index (χ4n) is 6.00. The molecule has 1 amide bonds. The molecule has 2 aliphatic rings. The van der Waals surface area contributed by atoms with Gasteiger partial charge in [0.2, 0.25) is 0 Å². The number of hydrogen-bond donors (Lipinski definition) is 1. The van der Waals surface area contributed by atoms with E-state index in [4.69, 9.17) is 19.4 Å². The molecular formula is C34H36N6O4. The molecule has 0 saturated carbocycles. The van der Waals surface area contributed by atoms with Crippen molar-refractivity contribution < 1.29 is 19.4 Å². The Balaban J connectivity index is 1.25. The summed E-state index contributed by atoms with van der Waals surface area (Å²) in [5.41, 5.74) is 4.03. The van der Waals surface area contributed by atoms with Gasteiger partial charge < -0.3 is 29.3 Å². The topological polar surface area (TPSA) is 115 Å². The Morgan fingerprint density at radius 2 is 1.80 bits per heavy atom. The molecule has 1 fully saturated rings. The number of piperazine rings is 1. The van der Waals surface area contributed by atoms with Crippen molar-refractivity contribution in [2.24, 2.45) is 0 Å². The molecule has 10 nitrogen and oxygen atoms in total. The third kappa shape index (κ3) is 6.38. The Hall–Kier alpha value is -4.88. The van der Waals surface area contributed by atoms with Crippen LogP contribution < -0.4 is 14.5 Å². The van der Waals surface area contributed by atoms with E-state index >= 15 is 0 Å². The molecule has 1 aromatic heterocycles. The lowest BCUT2D eigenvalue weighted by molar-refractivity contribution is 0.0767. The van der Waals surface area contributed by atoms with Crippen molar-refractivity contribution in [2.45, 2.75) is 38.5 Å². The lowest BCUT2D eigenvalue weighted by Crippen LogP contribution is -2.55. The van der Waals surface area contributed by atoms with Gasteiger partial charge in [-0.15, -0.1) is 0 Å². The summed E-state index contributed by atoms with van der Waals surface area (Å²) in [5, 5.41) is 21.3. The number of anilines is 2. The van der Waals surface area contributed by atoms with Gasteiger partial charge in [-0.25, -0.2) is 4.79 Å². The van der Waals surface area contributed by atoms with Gasteiger partial charge in [0.15, 0.2) is 0 Å². The zero-order chi connectivity index (χ0) is 30.3. The number of nitriles is 1. The Morgan fingerprint density at radius 1 is 0.977 bits per heavy atom. The van der Waals surface area contributed by atoms with Gasteiger partial charge in [-0.2, -0.15) is 15.2 Å². The highest BCUT2D eigenvalue weighted by atomic mass is 16.6. The summed E-state index contributed by atoms with van der Waals surface area (Å²) in [6.45, 7) is 3.29. The Kier molecular flexibility index (Phi) is 9.03. The Morgan fingerprint density at radius 3 is 2.64 bits per heavy atom. The third-order valence-electron chi connectivity index (χ3n) is 8.21. The molecule has 226 valence electrons. The average molecular weight is 593 g/mol. The molecule has 2 aliphatic heterocycles. The summed E-state index contributed by atoms with van der Waals surface area (Å²) in [7, 11) is 0. The van der Waals surface area contributed by atoms with Crippen molar-refractivity contribution in [3.8, 4) is 12.1 Å². The Labute approximate surface area is 257 Å². The van der Waals surface area contributed by atoms with Crippen LogP contribution in [0.4, 0.5) is 16.3 Å². The number of aromatic nitrogens is 2. The molecule has 0 aliphatic carbocycles. The largest absolute Gasteiger partial charge is 0.463 e. The molecule has 1 unspecified atom stereocenters. The zero-order valence-corrected chi connectivity index (χ0v) is 24.6. The van der Waals surface area contributed by atoms with Gasteiger partial charge in [0.1, 0.15) is 12.4 Å². The lowest BCUT2D eigenvalue weighted by Gasteiger charge is -2.42. The van der Waals surface area contributed by atoms with Crippen LogP contribution in [-0.4, -0.2) is 71.5 Å². The number of aliphatic hydroxyl groups is 1. The molecule has 1 N–H and O–H groups in total. The molecule has 1 atom stereocenters. The number of nitrogens with zero attached hydrogens (tertiary/aromatic N) is 6. The molecule has 6 rings (SSSR count). The molecule has 0 radical (unpaired) electrons. The fraction of sp³-hybridized carbons (Fsp3) is 0.353. The van der Waals surface area contributed by atoms with Crippen LogP contribution in [-0.2, 0) is 24.3 Å². The maximum absolute atomic E-state index is 13.1. The van der Waals surface area contributed by atoms with E-state index in [1.165, 1.54) is 10.8 Å². The maximum Gasteiger partial charge on any atom is 0.410 e. The van der Waals surface area contributed by atoms with E-state index in [-0.39, 0.29) is 31.7 Å². The number of rotatable bonds is 9. The minimum absolute atomic E-state index is 0.0187. The van der Waals surface area contributed by atoms with Crippen LogP contribution in [0.25, 0.3) is 10.8 Å². The number of hydrogen-bond acceptors (Lipinski definition) is 9. The fourth-order valence-corrected chi connectivity index (χ4v) is 6.00. The molecule has 4 aromatic rings. The van der Waals surface area contributed by atoms with Crippen LogP contribution in [0.15, 0.2) is 72.8 Å². The first kappa shape index (κ1) is 29.2. The first-order chi connectivity index (χ1) is 21.6. The summed E-state index contributed by atoms with van der Waals surface area (Å²) in [5.74, 6) is 0.784. The normalized spacial score (nSPS) is 16.4. The molecule has 0 spiro atoms. The second-order valence-electron chi connectivity index (χ2n) is 11.0. The number of aliphatic hydroxyl groups excluding tert-OH is 1. The summed E-state index contributed by atoms with van der Waals surface area (Å²) in [4.78, 5) is 28.9. The maximum atomic E-state index is 13.1. The van der Waals surface area contributed by atoms with Crippen LogP contribution in [0.3, 0.4) is 0 Å². The van der Waals surface area contributed by atoms with E-state index < -0.39 is 6.09 Å². The van der Waals surface area contributed by atoms with E-state index in [2.05, 4.69) is 58.3 Å². The van der Waals surface area contributed by atoms with E-state index in [0.29, 0.717) is 39.2 Å². The van der Waals surface area contributed by atoms with Crippen LogP contribution in [0.1, 0.15) is 29.7 Å². The second-order valence-corrected chi connectivity index (χ2v) is 11.0. The van der Waals surface area contributed by atoms with E-state index in [9.17, 15) is 15.2 Å². The number of benzene rings is 3. The number of carbonyl (C=O) groups excluding carboxylic acids is 1. The highest BCUT2D eigenvalue weighted by Crippen LogP contribution is 2.35. The highest BCUT2D eigenvalue weighted by molar-refractivity contribution is 5.94.